The summed E-state index contributed by atoms with van der Waals surface area (Å²) in [6.07, 6.45) is 1.75. The Morgan fingerprint density at radius 3 is 2.95 bits per heavy atom. The van der Waals surface area contributed by atoms with Gasteiger partial charge in [0.15, 0.2) is 0 Å². The van der Waals surface area contributed by atoms with E-state index in [1.54, 1.807) is 6.20 Å². The van der Waals surface area contributed by atoms with Crippen molar-refractivity contribution >= 4 is 16.8 Å². The monoisotopic (exact) mass is 257 g/mol. The highest BCUT2D eigenvalue weighted by molar-refractivity contribution is 5.97. The minimum Gasteiger partial charge on any atom is -0.352 e. The van der Waals surface area contributed by atoms with Crippen LogP contribution in [0.1, 0.15) is 17.3 Å². The number of nitrogens with zero attached hydrogens (tertiary/aromatic N) is 1. The summed E-state index contributed by atoms with van der Waals surface area (Å²) in [5.41, 5.74) is 1.58. The summed E-state index contributed by atoms with van der Waals surface area (Å²) in [6.45, 7) is 3.66. The van der Waals surface area contributed by atoms with Crippen LogP contribution < -0.4 is 10.6 Å². The van der Waals surface area contributed by atoms with Crippen molar-refractivity contribution in [3.05, 3.63) is 42.1 Å². The summed E-state index contributed by atoms with van der Waals surface area (Å²) >= 11 is 0. The number of carbonyl (C=O) groups is 1. The Morgan fingerprint density at radius 1 is 1.32 bits per heavy atom. The second-order valence-corrected chi connectivity index (χ2v) is 4.78. The van der Waals surface area contributed by atoms with Crippen LogP contribution >= 0.6 is 0 Å². The first kappa shape index (κ1) is 13.5. The minimum atomic E-state index is -0.0336. The molecule has 1 aromatic heterocycles. The lowest BCUT2D eigenvalue weighted by Gasteiger charge is -2.12. The molecule has 0 aliphatic carbocycles. The fraction of sp³-hybridized carbons (Fsp3) is 0.333. The van der Waals surface area contributed by atoms with E-state index in [9.17, 15) is 4.79 Å². The second kappa shape index (κ2) is 6.29. The van der Waals surface area contributed by atoms with Crippen molar-refractivity contribution < 1.29 is 4.79 Å². The molecule has 0 aliphatic heterocycles. The van der Waals surface area contributed by atoms with Crippen molar-refractivity contribution in [1.29, 1.82) is 0 Å². The van der Waals surface area contributed by atoms with Gasteiger partial charge in [-0.3, -0.25) is 9.78 Å². The molecule has 0 bridgehead atoms. The van der Waals surface area contributed by atoms with Crippen LogP contribution in [0.25, 0.3) is 10.9 Å². The molecule has 1 atom stereocenters. The summed E-state index contributed by atoms with van der Waals surface area (Å²) in [4.78, 5) is 16.3. The average Bonchev–Trinajstić information content (AvgIpc) is 2.44. The predicted octanol–water partition coefficient (Wildman–Crippen LogP) is 1.82. The summed E-state index contributed by atoms with van der Waals surface area (Å²) in [6, 6.07) is 9.40. The zero-order valence-corrected chi connectivity index (χ0v) is 11.3. The number of hydrogen-bond donors (Lipinski definition) is 2. The Balaban J connectivity index is 2.05. The van der Waals surface area contributed by atoms with Crippen molar-refractivity contribution in [1.82, 2.24) is 15.6 Å². The van der Waals surface area contributed by atoms with Crippen LogP contribution in [0.2, 0.25) is 0 Å². The molecular formula is C15H19N3O. The molecule has 0 spiro atoms. The third-order valence-corrected chi connectivity index (χ3v) is 3.03. The predicted molar refractivity (Wildman–Crippen MR) is 77.2 cm³/mol. The third kappa shape index (κ3) is 3.51. The lowest BCUT2D eigenvalue weighted by molar-refractivity contribution is 0.0948. The van der Waals surface area contributed by atoms with Crippen LogP contribution in [0, 0.1) is 5.92 Å². The number of benzene rings is 1. The fourth-order valence-corrected chi connectivity index (χ4v) is 2.01. The van der Waals surface area contributed by atoms with Crippen LogP contribution in [0.5, 0.6) is 0 Å². The van der Waals surface area contributed by atoms with E-state index in [2.05, 4.69) is 22.5 Å². The van der Waals surface area contributed by atoms with Gasteiger partial charge in [0.2, 0.25) is 0 Å². The number of hydrogen-bond acceptors (Lipinski definition) is 3. The molecule has 100 valence electrons. The Morgan fingerprint density at radius 2 is 2.16 bits per heavy atom. The van der Waals surface area contributed by atoms with Crippen molar-refractivity contribution in [2.24, 2.45) is 5.92 Å². The van der Waals surface area contributed by atoms with Gasteiger partial charge in [0, 0.05) is 23.7 Å². The molecule has 0 radical (unpaired) electrons. The highest BCUT2D eigenvalue weighted by atomic mass is 16.1. The Labute approximate surface area is 113 Å². The number of aromatic nitrogens is 1. The van der Waals surface area contributed by atoms with Gasteiger partial charge in [0.05, 0.1) is 5.52 Å². The topological polar surface area (TPSA) is 54.0 Å². The first-order valence-corrected chi connectivity index (χ1v) is 6.48. The highest BCUT2D eigenvalue weighted by Crippen LogP contribution is 2.13. The third-order valence-electron chi connectivity index (χ3n) is 3.03. The molecule has 0 aliphatic rings. The van der Waals surface area contributed by atoms with Gasteiger partial charge in [-0.15, -0.1) is 0 Å². The minimum absolute atomic E-state index is 0.0336. The molecule has 1 amide bonds. The first-order valence-electron chi connectivity index (χ1n) is 6.48. The molecule has 19 heavy (non-hydrogen) atoms. The van der Waals surface area contributed by atoms with E-state index < -0.39 is 0 Å². The highest BCUT2D eigenvalue weighted by Gasteiger charge is 2.08. The maximum absolute atomic E-state index is 12.0. The Hall–Kier alpha value is -1.94. The summed E-state index contributed by atoms with van der Waals surface area (Å²) < 4.78 is 0. The van der Waals surface area contributed by atoms with Crippen LogP contribution in [0.3, 0.4) is 0 Å². The molecule has 1 heterocycles. The van der Waals surface area contributed by atoms with Crippen LogP contribution in [0.4, 0.5) is 0 Å². The number of fused-ring (bicyclic) bond motifs is 1. The van der Waals surface area contributed by atoms with Gasteiger partial charge in [-0.2, -0.15) is 0 Å². The van der Waals surface area contributed by atoms with E-state index in [4.69, 9.17) is 0 Å². The zero-order chi connectivity index (χ0) is 13.7. The van der Waals surface area contributed by atoms with Crippen LogP contribution in [0.15, 0.2) is 36.5 Å². The quantitative estimate of drug-likeness (QED) is 0.859. The maximum Gasteiger partial charge on any atom is 0.251 e. The number of amides is 1. The molecule has 0 saturated heterocycles. The van der Waals surface area contributed by atoms with Crippen molar-refractivity contribution in [3.8, 4) is 0 Å². The molecule has 4 nitrogen and oxygen atoms in total. The van der Waals surface area contributed by atoms with Gasteiger partial charge >= 0.3 is 0 Å². The van der Waals surface area contributed by atoms with Gasteiger partial charge in [-0.05, 0) is 43.8 Å². The van der Waals surface area contributed by atoms with Crippen molar-refractivity contribution in [2.75, 3.05) is 20.1 Å². The molecular weight excluding hydrogens is 238 g/mol. The largest absolute Gasteiger partial charge is 0.352 e. The van der Waals surface area contributed by atoms with Gasteiger partial charge in [-0.25, -0.2) is 0 Å². The standard InChI is InChI=1S/C15H19N3O/c1-11(9-16-2)10-18-15(19)13-5-6-14-12(8-13)4-3-7-17-14/h3-8,11,16H,9-10H2,1-2H3,(H,18,19). The van der Waals surface area contributed by atoms with E-state index in [0.29, 0.717) is 18.0 Å². The molecule has 2 N–H and O–H groups in total. The van der Waals surface area contributed by atoms with E-state index in [-0.39, 0.29) is 5.91 Å². The van der Waals surface area contributed by atoms with Gasteiger partial charge in [0.25, 0.3) is 5.91 Å². The number of rotatable bonds is 5. The molecule has 2 rings (SSSR count). The van der Waals surface area contributed by atoms with Crippen LogP contribution in [-0.2, 0) is 0 Å². The number of pyridine rings is 1. The van der Waals surface area contributed by atoms with Gasteiger partial charge in [-0.1, -0.05) is 13.0 Å². The van der Waals surface area contributed by atoms with Crippen molar-refractivity contribution in [2.45, 2.75) is 6.92 Å². The second-order valence-electron chi connectivity index (χ2n) is 4.78. The zero-order valence-electron chi connectivity index (χ0n) is 11.3. The number of carbonyl (C=O) groups excluding carboxylic acids is 1. The van der Waals surface area contributed by atoms with Gasteiger partial charge < -0.3 is 10.6 Å². The molecule has 1 unspecified atom stereocenters. The Kier molecular flexibility index (Phi) is 4.47. The van der Waals surface area contributed by atoms with E-state index >= 15 is 0 Å². The fourth-order valence-electron chi connectivity index (χ4n) is 2.01. The average molecular weight is 257 g/mol. The SMILES string of the molecule is CNCC(C)CNC(=O)c1ccc2ncccc2c1. The van der Waals surface area contributed by atoms with Crippen LogP contribution in [-0.4, -0.2) is 31.0 Å². The normalized spacial score (nSPS) is 12.3. The van der Waals surface area contributed by atoms with Crippen molar-refractivity contribution in [3.63, 3.8) is 0 Å². The lowest BCUT2D eigenvalue weighted by Crippen LogP contribution is -2.32. The maximum atomic E-state index is 12.0. The van der Waals surface area contributed by atoms with Gasteiger partial charge in [0.1, 0.15) is 0 Å². The van der Waals surface area contributed by atoms with E-state index in [0.717, 1.165) is 17.4 Å². The Bertz CT molecular complexity index is 568. The smallest absolute Gasteiger partial charge is 0.251 e. The summed E-state index contributed by atoms with van der Waals surface area (Å²) in [5, 5.41) is 7.03. The summed E-state index contributed by atoms with van der Waals surface area (Å²) in [7, 11) is 1.91. The molecule has 0 saturated carbocycles. The summed E-state index contributed by atoms with van der Waals surface area (Å²) in [5.74, 6) is 0.379. The molecule has 0 fully saturated rings. The number of nitrogens with one attached hydrogen (secondary N) is 2. The lowest BCUT2D eigenvalue weighted by atomic mass is 10.1. The van der Waals surface area contributed by atoms with E-state index in [1.807, 2.05) is 37.4 Å². The molecule has 1 aromatic carbocycles. The molecule has 2 aromatic rings. The molecule has 4 heteroatoms. The first-order chi connectivity index (χ1) is 9.20. The van der Waals surface area contributed by atoms with E-state index in [1.165, 1.54) is 0 Å².